The van der Waals surface area contributed by atoms with E-state index in [1.165, 1.54) is 0 Å². The molecule has 8 heteroatoms. The number of rotatable bonds is 8. The highest BCUT2D eigenvalue weighted by molar-refractivity contribution is 7.80. The van der Waals surface area contributed by atoms with Gasteiger partial charge in [-0.15, -0.1) is 0 Å². The third kappa shape index (κ3) is 5.74. The zero-order valence-corrected chi connectivity index (χ0v) is 12.8. The first kappa shape index (κ1) is 18.0. The fourth-order valence-corrected chi connectivity index (χ4v) is 2.03. The second kappa shape index (κ2) is 9.06. The minimum Gasteiger partial charge on any atom is -0.480 e. The summed E-state index contributed by atoms with van der Waals surface area (Å²) < 4.78 is 0. The van der Waals surface area contributed by atoms with Gasteiger partial charge in [0.2, 0.25) is 11.8 Å². The van der Waals surface area contributed by atoms with E-state index in [0.29, 0.717) is 0 Å². The van der Waals surface area contributed by atoms with Crippen molar-refractivity contribution in [3.05, 3.63) is 35.9 Å². The van der Waals surface area contributed by atoms with Gasteiger partial charge in [0.15, 0.2) is 0 Å². The number of carbonyl (C=O) groups excluding carboxylic acids is 2. The second-order valence-corrected chi connectivity index (χ2v) is 4.96. The van der Waals surface area contributed by atoms with Crippen LogP contribution in [0.5, 0.6) is 0 Å². The molecule has 1 aromatic carbocycles. The van der Waals surface area contributed by atoms with Crippen molar-refractivity contribution < 1.29 is 19.5 Å². The summed E-state index contributed by atoms with van der Waals surface area (Å²) in [5.74, 6) is -2.24. The highest BCUT2D eigenvalue weighted by atomic mass is 32.1. The van der Waals surface area contributed by atoms with Crippen molar-refractivity contribution in [2.45, 2.75) is 18.5 Å². The van der Waals surface area contributed by atoms with Gasteiger partial charge >= 0.3 is 5.97 Å². The van der Waals surface area contributed by atoms with Gasteiger partial charge in [-0.05, 0) is 5.56 Å². The molecular weight excluding hydrogens is 306 g/mol. The molecule has 0 saturated carbocycles. The average molecular weight is 325 g/mol. The maximum Gasteiger partial charge on any atom is 0.326 e. The number of hydrogen-bond acceptors (Lipinski definition) is 5. The first-order valence-electron chi connectivity index (χ1n) is 6.65. The van der Waals surface area contributed by atoms with E-state index in [1.807, 2.05) is 6.07 Å². The number of hydrogen-bond donors (Lipinski definition) is 5. The standard InChI is InChI=1S/C14H19N3O4S/c15-7-12(18)16-11(8-22)13(19)17-10(14(20)21)6-9-4-2-1-3-5-9/h1-5,10-11,22H,6-8,15H2,(H,16,18)(H,17,19)(H,20,21). The van der Waals surface area contributed by atoms with E-state index in [-0.39, 0.29) is 18.7 Å². The summed E-state index contributed by atoms with van der Waals surface area (Å²) in [6.45, 7) is -0.260. The van der Waals surface area contributed by atoms with Crippen molar-refractivity contribution in [3.63, 3.8) is 0 Å². The molecule has 2 atom stereocenters. The van der Waals surface area contributed by atoms with Gasteiger partial charge in [0.05, 0.1) is 6.54 Å². The quantitative estimate of drug-likeness (QED) is 0.400. The number of nitrogens with two attached hydrogens (primary N) is 1. The number of thiol groups is 1. The van der Waals surface area contributed by atoms with E-state index in [4.69, 9.17) is 5.73 Å². The van der Waals surface area contributed by atoms with E-state index in [2.05, 4.69) is 23.3 Å². The minimum atomic E-state index is -1.15. The van der Waals surface area contributed by atoms with Gasteiger partial charge in [0, 0.05) is 12.2 Å². The molecule has 0 aliphatic rings. The predicted octanol–water partition coefficient (Wildman–Crippen LogP) is -0.828. The number of carboxylic acid groups (broad SMARTS) is 1. The Labute approximate surface area is 133 Å². The van der Waals surface area contributed by atoms with Crippen LogP contribution in [0.25, 0.3) is 0 Å². The summed E-state index contributed by atoms with van der Waals surface area (Å²) in [7, 11) is 0. The molecule has 7 nitrogen and oxygen atoms in total. The minimum absolute atomic E-state index is 0.0370. The van der Waals surface area contributed by atoms with Gasteiger partial charge in [-0.3, -0.25) is 9.59 Å². The molecule has 22 heavy (non-hydrogen) atoms. The lowest BCUT2D eigenvalue weighted by Crippen LogP contribution is -2.53. The van der Waals surface area contributed by atoms with Crippen LogP contribution >= 0.6 is 12.6 Å². The van der Waals surface area contributed by atoms with Crippen molar-refractivity contribution in [2.75, 3.05) is 12.3 Å². The lowest BCUT2D eigenvalue weighted by Gasteiger charge is -2.20. The molecule has 2 unspecified atom stereocenters. The van der Waals surface area contributed by atoms with E-state index in [1.54, 1.807) is 24.3 Å². The van der Waals surface area contributed by atoms with Gasteiger partial charge < -0.3 is 21.5 Å². The molecule has 0 spiro atoms. The lowest BCUT2D eigenvalue weighted by molar-refractivity contribution is -0.142. The van der Waals surface area contributed by atoms with Crippen molar-refractivity contribution >= 4 is 30.4 Å². The number of carboxylic acids is 1. The van der Waals surface area contributed by atoms with Crippen LogP contribution in [0.3, 0.4) is 0 Å². The summed E-state index contributed by atoms with van der Waals surface area (Å²) in [5.41, 5.74) is 5.95. The highest BCUT2D eigenvalue weighted by Gasteiger charge is 2.25. The Bertz CT molecular complexity index is 524. The number of nitrogens with one attached hydrogen (secondary N) is 2. The first-order valence-corrected chi connectivity index (χ1v) is 7.28. The molecule has 120 valence electrons. The van der Waals surface area contributed by atoms with Crippen molar-refractivity contribution in [1.82, 2.24) is 10.6 Å². The maximum atomic E-state index is 12.1. The average Bonchev–Trinajstić information content (AvgIpc) is 2.52. The van der Waals surface area contributed by atoms with Crippen LogP contribution in [0.4, 0.5) is 0 Å². The number of benzene rings is 1. The van der Waals surface area contributed by atoms with Gasteiger partial charge in [0.1, 0.15) is 12.1 Å². The zero-order valence-electron chi connectivity index (χ0n) is 11.9. The number of aliphatic carboxylic acids is 1. The predicted molar refractivity (Wildman–Crippen MR) is 84.6 cm³/mol. The molecule has 0 radical (unpaired) electrons. The first-order chi connectivity index (χ1) is 10.5. The molecule has 0 aromatic heterocycles. The van der Waals surface area contributed by atoms with Crippen LogP contribution < -0.4 is 16.4 Å². The van der Waals surface area contributed by atoms with Crippen LogP contribution in [0.1, 0.15) is 5.56 Å². The van der Waals surface area contributed by atoms with Crippen LogP contribution in [0, 0.1) is 0 Å². The molecule has 1 aromatic rings. The molecule has 0 saturated heterocycles. The largest absolute Gasteiger partial charge is 0.480 e. The molecule has 2 amide bonds. The SMILES string of the molecule is NCC(=O)NC(CS)C(=O)NC(Cc1ccccc1)C(=O)O. The summed E-state index contributed by atoms with van der Waals surface area (Å²) >= 11 is 3.98. The summed E-state index contributed by atoms with van der Waals surface area (Å²) in [4.78, 5) is 34.6. The maximum absolute atomic E-state index is 12.1. The second-order valence-electron chi connectivity index (χ2n) is 4.60. The third-order valence-electron chi connectivity index (χ3n) is 2.92. The van der Waals surface area contributed by atoms with Crippen LogP contribution in [0.2, 0.25) is 0 Å². The monoisotopic (exact) mass is 325 g/mol. The fraction of sp³-hybridized carbons (Fsp3) is 0.357. The van der Waals surface area contributed by atoms with Crippen LogP contribution in [0.15, 0.2) is 30.3 Å². The molecular formula is C14H19N3O4S. The Hall–Kier alpha value is -2.06. The highest BCUT2D eigenvalue weighted by Crippen LogP contribution is 2.04. The van der Waals surface area contributed by atoms with Crippen molar-refractivity contribution in [3.8, 4) is 0 Å². The Kier molecular flexibility index (Phi) is 7.41. The van der Waals surface area contributed by atoms with E-state index in [0.717, 1.165) is 5.56 Å². The van der Waals surface area contributed by atoms with Gasteiger partial charge in [0.25, 0.3) is 0 Å². The van der Waals surface area contributed by atoms with Crippen LogP contribution in [-0.2, 0) is 20.8 Å². The topological polar surface area (TPSA) is 122 Å². The fourth-order valence-electron chi connectivity index (χ4n) is 1.77. The molecule has 0 fully saturated rings. The zero-order chi connectivity index (χ0) is 16.5. The third-order valence-corrected chi connectivity index (χ3v) is 3.28. The van der Waals surface area contributed by atoms with Crippen molar-refractivity contribution in [2.24, 2.45) is 5.73 Å². The van der Waals surface area contributed by atoms with Gasteiger partial charge in [-0.2, -0.15) is 12.6 Å². The summed E-state index contributed by atoms with van der Waals surface area (Å²) in [5, 5.41) is 14.0. The smallest absolute Gasteiger partial charge is 0.326 e. The molecule has 0 heterocycles. The molecule has 0 bridgehead atoms. The molecule has 0 aliphatic heterocycles. The van der Waals surface area contributed by atoms with Gasteiger partial charge in [-0.1, -0.05) is 30.3 Å². The van der Waals surface area contributed by atoms with E-state index >= 15 is 0 Å². The molecule has 5 N–H and O–H groups in total. The van der Waals surface area contributed by atoms with Crippen molar-refractivity contribution in [1.29, 1.82) is 0 Å². The van der Waals surface area contributed by atoms with E-state index < -0.39 is 29.9 Å². The van der Waals surface area contributed by atoms with Gasteiger partial charge in [-0.25, -0.2) is 4.79 Å². The molecule has 1 rings (SSSR count). The molecule has 0 aliphatic carbocycles. The summed E-state index contributed by atoms with van der Waals surface area (Å²) in [6, 6.07) is 6.91. The normalized spacial score (nSPS) is 13.0. The number of amides is 2. The Balaban J connectivity index is 2.71. The Morgan fingerprint density at radius 2 is 1.77 bits per heavy atom. The van der Waals surface area contributed by atoms with E-state index in [9.17, 15) is 19.5 Å². The summed E-state index contributed by atoms with van der Waals surface area (Å²) in [6.07, 6.45) is 0.145. The van der Waals surface area contributed by atoms with Crippen LogP contribution in [-0.4, -0.2) is 47.3 Å². The Morgan fingerprint density at radius 1 is 1.14 bits per heavy atom. The lowest BCUT2D eigenvalue weighted by atomic mass is 10.1. The number of carbonyl (C=O) groups is 3. The Morgan fingerprint density at radius 3 is 2.27 bits per heavy atom.